The zero-order valence-electron chi connectivity index (χ0n) is 16.7. The van der Waals surface area contributed by atoms with Gasteiger partial charge in [0.2, 0.25) is 0 Å². The van der Waals surface area contributed by atoms with Crippen LogP contribution in [0.1, 0.15) is 26.7 Å². The van der Waals surface area contributed by atoms with Crippen LogP contribution in [-0.2, 0) is 4.74 Å². The van der Waals surface area contributed by atoms with Crippen LogP contribution in [0, 0.1) is 0 Å². The van der Waals surface area contributed by atoms with Gasteiger partial charge in [0.15, 0.2) is 5.96 Å². The smallest absolute Gasteiger partial charge is 0.194 e. The van der Waals surface area contributed by atoms with Gasteiger partial charge in [0.25, 0.3) is 0 Å². The molecular formula is C20H33N5OS. The van der Waals surface area contributed by atoms with Crippen molar-refractivity contribution in [3.8, 4) is 0 Å². The molecular weight excluding hydrogens is 358 g/mol. The minimum Gasteiger partial charge on any atom is -0.381 e. The Balaban J connectivity index is 1.62. The number of anilines is 1. The molecule has 27 heavy (non-hydrogen) atoms. The first-order valence-corrected chi connectivity index (χ1v) is 11.2. The van der Waals surface area contributed by atoms with Gasteiger partial charge in [-0.15, -0.1) is 0 Å². The SMILES string of the molecule is CCNC(=NCC1(SCC)CCOCC1)N1CCN(c2ccccn2)CC1. The maximum atomic E-state index is 5.60. The van der Waals surface area contributed by atoms with Crippen LogP contribution in [0.3, 0.4) is 0 Å². The lowest BCUT2D eigenvalue weighted by Gasteiger charge is -2.38. The Bertz CT molecular complexity index is 578. The predicted molar refractivity (Wildman–Crippen MR) is 115 cm³/mol. The average molecular weight is 392 g/mol. The van der Waals surface area contributed by atoms with Gasteiger partial charge in [0.1, 0.15) is 5.82 Å². The van der Waals surface area contributed by atoms with Crippen LogP contribution in [0.4, 0.5) is 5.82 Å². The molecule has 1 N–H and O–H groups in total. The second kappa shape index (κ2) is 10.2. The minimum atomic E-state index is 0.240. The van der Waals surface area contributed by atoms with Gasteiger partial charge in [0, 0.05) is 56.9 Å². The van der Waals surface area contributed by atoms with Crippen molar-refractivity contribution in [3.63, 3.8) is 0 Å². The second-order valence-corrected chi connectivity index (χ2v) is 8.79. The van der Waals surface area contributed by atoms with Gasteiger partial charge in [-0.25, -0.2) is 4.98 Å². The molecule has 3 heterocycles. The molecule has 0 radical (unpaired) electrons. The van der Waals surface area contributed by atoms with Crippen molar-refractivity contribution in [2.24, 2.45) is 4.99 Å². The molecule has 150 valence electrons. The fourth-order valence-electron chi connectivity index (χ4n) is 3.73. The summed E-state index contributed by atoms with van der Waals surface area (Å²) in [5.41, 5.74) is 0. The molecule has 7 heteroatoms. The van der Waals surface area contributed by atoms with E-state index in [2.05, 4.69) is 57.8 Å². The standard InChI is InChI=1S/C20H33N5OS/c1-3-21-19(23-17-20(27-4-2)8-15-26-16-9-20)25-13-11-24(12-14-25)18-7-5-6-10-22-18/h5-7,10H,3-4,8-9,11-17H2,1-2H3,(H,21,23). The fraction of sp³-hybridized carbons (Fsp3) is 0.700. The summed E-state index contributed by atoms with van der Waals surface area (Å²) in [7, 11) is 0. The summed E-state index contributed by atoms with van der Waals surface area (Å²) < 4.78 is 5.84. The average Bonchev–Trinajstić information content (AvgIpc) is 2.73. The molecule has 0 amide bonds. The number of nitrogens with zero attached hydrogens (tertiary/aromatic N) is 4. The van der Waals surface area contributed by atoms with Crippen LogP contribution in [0.25, 0.3) is 0 Å². The van der Waals surface area contributed by atoms with E-state index < -0.39 is 0 Å². The van der Waals surface area contributed by atoms with Gasteiger partial charge < -0.3 is 19.9 Å². The molecule has 3 rings (SSSR count). The van der Waals surface area contributed by atoms with Crippen molar-refractivity contribution in [1.82, 2.24) is 15.2 Å². The maximum Gasteiger partial charge on any atom is 0.194 e. The van der Waals surface area contributed by atoms with Gasteiger partial charge in [-0.3, -0.25) is 4.99 Å². The lowest BCUT2D eigenvalue weighted by atomic mass is 9.99. The number of piperazine rings is 1. The Labute approximate surface area is 167 Å². The van der Waals surface area contributed by atoms with E-state index >= 15 is 0 Å². The molecule has 0 bridgehead atoms. The molecule has 0 spiro atoms. The number of pyridine rings is 1. The zero-order valence-corrected chi connectivity index (χ0v) is 17.5. The van der Waals surface area contributed by atoms with Gasteiger partial charge in [-0.05, 0) is 37.7 Å². The third-order valence-electron chi connectivity index (χ3n) is 5.26. The van der Waals surface area contributed by atoms with Crippen LogP contribution in [0.15, 0.2) is 29.4 Å². The summed E-state index contributed by atoms with van der Waals surface area (Å²) in [6, 6.07) is 6.11. The van der Waals surface area contributed by atoms with Crippen molar-refractivity contribution in [2.45, 2.75) is 31.4 Å². The highest BCUT2D eigenvalue weighted by molar-refractivity contribution is 8.00. The summed E-state index contributed by atoms with van der Waals surface area (Å²) in [6.07, 6.45) is 4.07. The van der Waals surface area contributed by atoms with Gasteiger partial charge in [0.05, 0.1) is 6.54 Å². The largest absolute Gasteiger partial charge is 0.381 e. The van der Waals surface area contributed by atoms with E-state index in [1.54, 1.807) is 0 Å². The van der Waals surface area contributed by atoms with Crippen LogP contribution >= 0.6 is 11.8 Å². The number of aromatic nitrogens is 1. The lowest BCUT2D eigenvalue weighted by Crippen LogP contribution is -2.53. The molecule has 2 saturated heterocycles. The van der Waals surface area contributed by atoms with E-state index in [0.717, 1.165) is 82.9 Å². The van der Waals surface area contributed by atoms with Crippen molar-refractivity contribution >= 4 is 23.5 Å². The number of hydrogen-bond acceptors (Lipinski definition) is 5. The monoisotopic (exact) mass is 391 g/mol. The number of thioether (sulfide) groups is 1. The fourth-order valence-corrected chi connectivity index (χ4v) is 4.95. The number of nitrogens with one attached hydrogen (secondary N) is 1. The Morgan fingerprint density at radius 3 is 2.63 bits per heavy atom. The Hall–Kier alpha value is -1.47. The third-order valence-corrected chi connectivity index (χ3v) is 6.70. The van der Waals surface area contributed by atoms with E-state index in [0.29, 0.717) is 0 Å². The summed E-state index contributed by atoms with van der Waals surface area (Å²) in [5.74, 6) is 3.26. The first-order valence-electron chi connectivity index (χ1n) is 10.2. The first-order chi connectivity index (χ1) is 13.3. The molecule has 0 aromatic carbocycles. The molecule has 0 aliphatic carbocycles. The molecule has 1 aromatic heterocycles. The van der Waals surface area contributed by atoms with Crippen LogP contribution < -0.4 is 10.2 Å². The van der Waals surface area contributed by atoms with E-state index in [-0.39, 0.29) is 4.75 Å². The van der Waals surface area contributed by atoms with Crippen molar-refractivity contribution < 1.29 is 4.74 Å². The molecule has 2 aliphatic heterocycles. The van der Waals surface area contributed by atoms with Crippen LogP contribution in [-0.4, -0.2) is 78.8 Å². The van der Waals surface area contributed by atoms with Crippen molar-refractivity contribution in [1.29, 1.82) is 0 Å². The normalized spacial score (nSPS) is 20.6. The highest BCUT2D eigenvalue weighted by Crippen LogP contribution is 2.35. The molecule has 0 unspecified atom stereocenters. The number of aliphatic imine (C=N–C) groups is 1. The molecule has 2 aliphatic rings. The summed E-state index contributed by atoms with van der Waals surface area (Å²) in [5, 5.41) is 3.51. The van der Waals surface area contributed by atoms with E-state index in [1.807, 2.05) is 12.3 Å². The molecule has 0 atom stereocenters. The van der Waals surface area contributed by atoms with Crippen molar-refractivity contribution in [2.75, 3.05) is 63.1 Å². The van der Waals surface area contributed by atoms with E-state index in [1.165, 1.54) is 0 Å². The topological polar surface area (TPSA) is 53.0 Å². The number of ether oxygens (including phenoxy) is 1. The molecule has 1 aromatic rings. The highest BCUT2D eigenvalue weighted by Gasteiger charge is 2.33. The number of hydrogen-bond donors (Lipinski definition) is 1. The number of rotatable bonds is 6. The zero-order chi connectivity index (χ0) is 19.0. The van der Waals surface area contributed by atoms with Gasteiger partial charge in [-0.2, -0.15) is 11.8 Å². The van der Waals surface area contributed by atoms with Crippen molar-refractivity contribution in [3.05, 3.63) is 24.4 Å². The second-order valence-electron chi connectivity index (χ2n) is 7.06. The maximum absolute atomic E-state index is 5.60. The van der Waals surface area contributed by atoms with Crippen LogP contribution in [0.5, 0.6) is 0 Å². The van der Waals surface area contributed by atoms with E-state index in [9.17, 15) is 0 Å². The molecule has 0 saturated carbocycles. The lowest BCUT2D eigenvalue weighted by molar-refractivity contribution is 0.0792. The molecule has 2 fully saturated rings. The third kappa shape index (κ3) is 5.51. The summed E-state index contributed by atoms with van der Waals surface area (Å²) >= 11 is 2.05. The van der Waals surface area contributed by atoms with Crippen LogP contribution in [0.2, 0.25) is 0 Å². The first kappa shape index (κ1) is 20.3. The number of guanidine groups is 1. The predicted octanol–water partition coefficient (Wildman–Crippen LogP) is 2.47. The Morgan fingerprint density at radius 1 is 1.22 bits per heavy atom. The van der Waals surface area contributed by atoms with Gasteiger partial charge >= 0.3 is 0 Å². The van der Waals surface area contributed by atoms with E-state index in [4.69, 9.17) is 9.73 Å². The Morgan fingerprint density at radius 2 is 2.00 bits per heavy atom. The highest BCUT2D eigenvalue weighted by atomic mass is 32.2. The van der Waals surface area contributed by atoms with Gasteiger partial charge in [-0.1, -0.05) is 13.0 Å². The Kier molecular flexibility index (Phi) is 7.64. The summed E-state index contributed by atoms with van der Waals surface area (Å²) in [4.78, 5) is 14.3. The minimum absolute atomic E-state index is 0.240. The molecule has 6 nitrogen and oxygen atoms in total. The summed E-state index contributed by atoms with van der Waals surface area (Å²) in [6.45, 7) is 11.8. The quantitative estimate of drug-likeness (QED) is 0.594.